The quantitative estimate of drug-likeness (QED) is 0.0344. The molecule has 0 saturated carbocycles. The maximum absolute atomic E-state index is 12.8. The van der Waals surface area contributed by atoms with Crippen molar-refractivity contribution in [1.29, 1.82) is 0 Å². The molecule has 0 aromatic carbocycles. The Morgan fingerprint density at radius 1 is 0.328 bits per heavy atom. The molecule has 0 bridgehead atoms. The van der Waals surface area contributed by atoms with Crippen molar-refractivity contribution in [3.8, 4) is 0 Å². The van der Waals surface area contributed by atoms with E-state index in [9.17, 15) is 14.4 Å². The zero-order valence-corrected chi connectivity index (χ0v) is 41.6. The zero-order chi connectivity index (χ0) is 44.5. The third kappa shape index (κ3) is 47.7. The monoisotopic (exact) mass is 863 g/mol. The molecule has 0 aliphatic carbocycles. The second kappa shape index (κ2) is 49.4. The molecule has 0 aromatic rings. The Hall–Kier alpha value is -1.59. The van der Waals surface area contributed by atoms with Gasteiger partial charge in [-0.2, -0.15) is 0 Å². The number of carbonyl (C=O) groups is 3. The summed E-state index contributed by atoms with van der Waals surface area (Å²) in [6.07, 6.45) is 52.3. The average molecular weight is 863 g/mol. The first kappa shape index (κ1) is 59.4. The van der Waals surface area contributed by atoms with E-state index in [0.29, 0.717) is 19.3 Å². The molecular formula is C55H106O6. The van der Waals surface area contributed by atoms with E-state index in [1.165, 1.54) is 205 Å². The van der Waals surface area contributed by atoms with Gasteiger partial charge in [0.05, 0.1) is 0 Å². The van der Waals surface area contributed by atoms with Crippen molar-refractivity contribution in [2.24, 2.45) is 5.92 Å². The van der Waals surface area contributed by atoms with Crippen molar-refractivity contribution >= 4 is 17.9 Å². The number of ether oxygens (including phenoxy) is 3. The van der Waals surface area contributed by atoms with Crippen molar-refractivity contribution < 1.29 is 28.6 Å². The highest BCUT2D eigenvalue weighted by Crippen LogP contribution is 2.18. The Morgan fingerprint density at radius 3 is 0.852 bits per heavy atom. The smallest absolute Gasteiger partial charge is 0.306 e. The second-order valence-electron chi connectivity index (χ2n) is 19.1. The topological polar surface area (TPSA) is 78.9 Å². The molecule has 0 rings (SSSR count). The third-order valence-electron chi connectivity index (χ3n) is 12.9. The maximum Gasteiger partial charge on any atom is 0.306 e. The first-order valence-electron chi connectivity index (χ1n) is 27.4. The molecule has 0 aromatic heterocycles. The Labute approximate surface area is 380 Å². The van der Waals surface area contributed by atoms with Gasteiger partial charge in [-0.25, -0.2) is 0 Å². The zero-order valence-electron chi connectivity index (χ0n) is 41.6. The Kier molecular flexibility index (Phi) is 48.1. The molecule has 61 heavy (non-hydrogen) atoms. The Morgan fingerprint density at radius 2 is 0.574 bits per heavy atom. The van der Waals surface area contributed by atoms with Gasteiger partial charge in [-0.05, 0) is 25.2 Å². The lowest BCUT2D eigenvalue weighted by Gasteiger charge is -2.18. The van der Waals surface area contributed by atoms with Crippen molar-refractivity contribution in [1.82, 2.24) is 0 Å². The molecule has 362 valence electrons. The van der Waals surface area contributed by atoms with Crippen LogP contribution in [-0.2, 0) is 28.6 Å². The van der Waals surface area contributed by atoms with E-state index in [1.54, 1.807) is 0 Å². The fourth-order valence-corrected chi connectivity index (χ4v) is 8.36. The minimum Gasteiger partial charge on any atom is -0.462 e. The number of hydrogen-bond acceptors (Lipinski definition) is 6. The van der Waals surface area contributed by atoms with Crippen LogP contribution in [0.15, 0.2) is 0 Å². The summed E-state index contributed by atoms with van der Waals surface area (Å²) in [5, 5.41) is 0. The molecule has 0 spiro atoms. The molecule has 0 aliphatic heterocycles. The molecule has 0 fully saturated rings. The Balaban J connectivity index is 4.23. The largest absolute Gasteiger partial charge is 0.462 e. The van der Waals surface area contributed by atoms with Gasteiger partial charge in [0.15, 0.2) is 6.10 Å². The van der Waals surface area contributed by atoms with Crippen LogP contribution in [0.2, 0.25) is 0 Å². The minimum atomic E-state index is -0.760. The van der Waals surface area contributed by atoms with Crippen LogP contribution in [0.3, 0.4) is 0 Å². The van der Waals surface area contributed by atoms with Crippen LogP contribution in [0.1, 0.15) is 310 Å². The fraction of sp³-hybridized carbons (Fsp3) is 0.945. The highest BCUT2D eigenvalue weighted by Gasteiger charge is 2.19. The van der Waals surface area contributed by atoms with Gasteiger partial charge >= 0.3 is 17.9 Å². The Bertz CT molecular complexity index is 920. The SMILES string of the molecule is CCCCCCCCCCCCCCCCCCC(=O)O[C@@H](COC(=O)CCCCCCCCCCC)COC(=O)CCCCCCCCCCCCCCCCC(C)CC. The predicted octanol–water partition coefficient (Wildman–Crippen LogP) is 17.8. The van der Waals surface area contributed by atoms with E-state index in [2.05, 4.69) is 27.7 Å². The van der Waals surface area contributed by atoms with Gasteiger partial charge in [0, 0.05) is 19.3 Å². The molecule has 6 nitrogen and oxygen atoms in total. The minimum absolute atomic E-state index is 0.0624. The maximum atomic E-state index is 12.8. The normalized spacial score (nSPS) is 12.4. The van der Waals surface area contributed by atoms with Gasteiger partial charge in [-0.1, -0.05) is 272 Å². The standard InChI is InChI=1S/C55H106O6/c1-5-8-10-12-14-16-17-18-19-20-25-28-32-36-40-44-48-55(58)61-52(49-59-53(56)46-42-38-34-29-15-13-11-9-6-2)50-60-54(57)47-43-39-35-31-27-24-22-21-23-26-30-33-37-41-45-51(4)7-3/h51-52H,5-50H2,1-4H3/t51?,52-/m0/s1. The highest BCUT2D eigenvalue weighted by atomic mass is 16.6. The first-order chi connectivity index (χ1) is 29.9. The van der Waals surface area contributed by atoms with E-state index in [-0.39, 0.29) is 31.1 Å². The molecule has 0 aliphatic rings. The lowest BCUT2D eigenvalue weighted by molar-refractivity contribution is -0.167. The average Bonchev–Trinajstić information content (AvgIpc) is 3.26. The van der Waals surface area contributed by atoms with Crippen LogP contribution < -0.4 is 0 Å². The van der Waals surface area contributed by atoms with E-state index >= 15 is 0 Å². The van der Waals surface area contributed by atoms with Crippen LogP contribution in [0.5, 0.6) is 0 Å². The summed E-state index contributed by atoms with van der Waals surface area (Å²) in [6, 6.07) is 0. The summed E-state index contributed by atoms with van der Waals surface area (Å²) in [7, 11) is 0. The molecule has 0 heterocycles. The fourth-order valence-electron chi connectivity index (χ4n) is 8.36. The van der Waals surface area contributed by atoms with E-state index in [1.807, 2.05) is 0 Å². The summed E-state index contributed by atoms with van der Waals surface area (Å²) in [5.74, 6) is 0.0533. The number of carbonyl (C=O) groups excluding carboxylic acids is 3. The van der Waals surface area contributed by atoms with Crippen molar-refractivity contribution in [2.45, 2.75) is 316 Å². The number of rotatable bonds is 50. The van der Waals surface area contributed by atoms with Crippen LogP contribution in [0.25, 0.3) is 0 Å². The van der Waals surface area contributed by atoms with Gasteiger partial charge in [0.2, 0.25) is 0 Å². The molecule has 1 unspecified atom stereocenters. The lowest BCUT2D eigenvalue weighted by Crippen LogP contribution is -2.30. The van der Waals surface area contributed by atoms with Crippen LogP contribution in [-0.4, -0.2) is 37.2 Å². The molecule has 0 N–H and O–H groups in total. The van der Waals surface area contributed by atoms with Gasteiger partial charge in [-0.3, -0.25) is 14.4 Å². The predicted molar refractivity (Wildman–Crippen MR) is 261 cm³/mol. The van der Waals surface area contributed by atoms with Crippen molar-refractivity contribution in [3.63, 3.8) is 0 Å². The number of esters is 3. The molecule has 6 heteroatoms. The number of unbranched alkanes of at least 4 members (excludes halogenated alkanes) is 36. The van der Waals surface area contributed by atoms with E-state index in [4.69, 9.17) is 14.2 Å². The summed E-state index contributed by atoms with van der Waals surface area (Å²) in [5.41, 5.74) is 0. The summed E-state index contributed by atoms with van der Waals surface area (Å²) < 4.78 is 16.8. The molecule has 2 atom stereocenters. The summed E-state index contributed by atoms with van der Waals surface area (Å²) in [4.78, 5) is 37.9. The van der Waals surface area contributed by atoms with Crippen LogP contribution in [0.4, 0.5) is 0 Å². The molecule has 0 radical (unpaired) electrons. The highest BCUT2D eigenvalue weighted by molar-refractivity contribution is 5.71. The summed E-state index contributed by atoms with van der Waals surface area (Å²) >= 11 is 0. The third-order valence-corrected chi connectivity index (χ3v) is 12.9. The van der Waals surface area contributed by atoms with E-state index < -0.39 is 6.10 Å². The first-order valence-corrected chi connectivity index (χ1v) is 27.4. The van der Waals surface area contributed by atoms with Gasteiger partial charge in [0.25, 0.3) is 0 Å². The number of hydrogen-bond donors (Lipinski definition) is 0. The van der Waals surface area contributed by atoms with Gasteiger partial charge < -0.3 is 14.2 Å². The molecule has 0 saturated heterocycles. The lowest BCUT2D eigenvalue weighted by atomic mass is 9.99. The molecular weight excluding hydrogens is 757 g/mol. The van der Waals surface area contributed by atoms with Gasteiger partial charge in [-0.15, -0.1) is 0 Å². The van der Waals surface area contributed by atoms with Crippen LogP contribution >= 0.6 is 0 Å². The van der Waals surface area contributed by atoms with Crippen molar-refractivity contribution in [3.05, 3.63) is 0 Å². The molecule has 0 amide bonds. The van der Waals surface area contributed by atoms with E-state index in [0.717, 1.165) is 63.7 Å². The van der Waals surface area contributed by atoms with Gasteiger partial charge in [0.1, 0.15) is 13.2 Å². The van der Waals surface area contributed by atoms with Crippen molar-refractivity contribution in [2.75, 3.05) is 13.2 Å². The second-order valence-corrected chi connectivity index (χ2v) is 19.1. The van der Waals surface area contributed by atoms with Crippen LogP contribution in [0, 0.1) is 5.92 Å². The summed E-state index contributed by atoms with van der Waals surface area (Å²) in [6.45, 7) is 9.07.